The van der Waals surface area contributed by atoms with Crippen LogP contribution in [-0.2, 0) is 9.47 Å². The van der Waals surface area contributed by atoms with Gasteiger partial charge in [0.2, 0.25) is 0 Å². The van der Waals surface area contributed by atoms with Crippen molar-refractivity contribution in [3.05, 3.63) is 12.4 Å². The van der Waals surface area contributed by atoms with Crippen LogP contribution in [0.4, 0.5) is 11.6 Å². The highest BCUT2D eigenvalue weighted by molar-refractivity contribution is 5.43. The first kappa shape index (κ1) is 14.7. The molecule has 1 heterocycles. The Morgan fingerprint density at radius 3 is 2.61 bits per heavy atom. The number of ether oxygens (including phenoxy) is 2. The van der Waals surface area contributed by atoms with Gasteiger partial charge in [-0.15, -0.1) is 0 Å². The molecule has 18 heavy (non-hydrogen) atoms. The third-order valence-electron chi connectivity index (χ3n) is 2.54. The van der Waals surface area contributed by atoms with E-state index in [9.17, 15) is 0 Å². The quantitative estimate of drug-likeness (QED) is 0.664. The predicted octanol–water partition coefficient (Wildman–Crippen LogP) is 1.01. The molecule has 6 heteroatoms. The Morgan fingerprint density at radius 2 is 1.94 bits per heavy atom. The summed E-state index contributed by atoms with van der Waals surface area (Å²) in [5.74, 6) is 1.62. The molecule has 0 saturated carbocycles. The summed E-state index contributed by atoms with van der Waals surface area (Å²) in [6.07, 6.45) is 4.42. The molecule has 0 amide bonds. The van der Waals surface area contributed by atoms with Crippen molar-refractivity contribution < 1.29 is 9.47 Å². The summed E-state index contributed by atoms with van der Waals surface area (Å²) in [6.45, 7) is 3.07. The van der Waals surface area contributed by atoms with Crippen molar-refractivity contribution in [2.75, 3.05) is 57.8 Å². The van der Waals surface area contributed by atoms with Crippen molar-refractivity contribution in [3.63, 3.8) is 0 Å². The Balaban J connectivity index is 2.66. The van der Waals surface area contributed by atoms with Gasteiger partial charge in [0.1, 0.15) is 11.6 Å². The first-order chi connectivity index (χ1) is 8.81. The number of anilines is 2. The topological polar surface area (TPSA) is 59.5 Å². The fraction of sp³-hybridized carbons (Fsp3) is 0.667. The zero-order chi connectivity index (χ0) is 13.2. The normalized spacial score (nSPS) is 10.4. The lowest BCUT2D eigenvalue weighted by Crippen LogP contribution is -2.30. The lowest BCUT2D eigenvalue weighted by atomic mass is 10.4. The van der Waals surface area contributed by atoms with Gasteiger partial charge in [-0.3, -0.25) is 4.98 Å². The molecule has 0 aliphatic carbocycles. The standard InChI is InChI=1S/C12H22N4O2/c1-13-11-9-14-10-12(15-11)16(6-8-18-3)5-4-7-17-2/h9-10H,4-8H2,1-3H3,(H,13,15). The van der Waals surface area contributed by atoms with Gasteiger partial charge in [-0.25, -0.2) is 4.98 Å². The van der Waals surface area contributed by atoms with Gasteiger partial charge < -0.3 is 19.7 Å². The minimum absolute atomic E-state index is 0.665. The number of aromatic nitrogens is 2. The van der Waals surface area contributed by atoms with Crippen molar-refractivity contribution in [1.82, 2.24) is 9.97 Å². The second-order valence-electron chi connectivity index (χ2n) is 3.84. The van der Waals surface area contributed by atoms with Crippen LogP contribution in [0.3, 0.4) is 0 Å². The predicted molar refractivity (Wildman–Crippen MR) is 72.2 cm³/mol. The molecule has 0 radical (unpaired) electrons. The summed E-state index contributed by atoms with van der Waals surface area (Å²) < 4.78 is 10.2. The maximum absolute atomic E-state index is 5.12. The van der Waals surface area contributed by atoms with Gasteiger partial charge in [-0.1, -0.05) is 0 Å². The van der Waals surface area contributed by atoms with Gasteiger partial charge >= 0.3 is 0 Å². The second-order valence-corrected chi connectivity index (χ2v) is 3.84. The Labute approximate surface area is 108 Å². The Bertz CT molecular complexity index is 336. The molecule has 0 bridgehead atoms. The van der Waals surface area contributed by atoms with Crippen molar-refractivity contribution in [1.29, 1.82) is 0 Å². The molecule has 0 aromatic carbocycles. The van der Waals surface area contributed by atoms with Crippen LogP contribution in [0, 0.1) is 0 Å². The molecule has 1 N–H and O–H groups in total. The van der Waals surface area contributed by atoms with Crippen molar-refractivity contribution >= 4 is 11.6 Å². The lowest BCUT2D eigenvalue weighted by molar-refractivity contribution is 0.191. The van der Waals surface area contributed by atoms with E-state index in [1.165, 1.54) is 0 Å². The van der Waals surface area contributed by atoms with Crippen molar-refractivity contribution in [3.8, 4) is 0 Å². The minimum Gasteiger partial charge on any atom is -0.385 e. The van der Waals surface area contributed by atoms with E-state index in [-0.39, 0.29) is 0 Å². The van der Waals surface area contributed by atoms with E-state index in [0.29, 0.717) is 6.61 Å². The number of nitrogens with zero attached hydrogens (tertiary/aromatic N) is 3. The Kier molecular flexibility index (Phi) is 7.05. The average molecular weight is 254 g/mol. The summed E-state index contributed by atoms with van der Waals surface area (Å²) in [6, 6.07) is 0. The summed E-state index contributed by atoms with van der Waals surface area (Å²) in [5, 5.41) is 2.99. The third kappa shape index (κ3) is 4.85. The maximum atomic E-state index is 5.12. The average Bonchev–Trinajstić information content (AvgIpc) is 2.42. The molecule has 1 aromatic heterocycles. The molecule has 1 aromatic rings. The van der Waals surface area contributed by atoms with Gasteiger partial charge in [-0.2, -0.15) is 0 Å². The number of nitrogens with one attached hydrogen (secondary N) is 1. The third-order valence-corrected chi connectivity index (χ3v) is 2.54. The van der Waals surface area contributed by atoms with E-state index in [4.69, 9.17) is 9.47 Å². The zero-order valence-corrected chi connectivity index (χ0v) is 11.3. The van der Waals surface area contributed by atoms with E-state index < -0.39 is 0 Å². The molecule has 0 aliphatic rings. The first-order valence-corrected chi connectivity index (χ1v) is 6.04. The van der Waals surface area contributed by atoms with Crippen LogP contribution in [0.1, 0.15) is 6.42 Å². The van der Waals surface area contributed by atoms with Gasteiger partial charge in [-0.05, 0) is 6.42 Å². The van der Waals surface area contributed by atoms with Gasteiger partial charge in [0.05, 0.1) is 19.0 Å². The molecule has 0 atom stereocenters. The van der Waals surface area contributed by atoms with Gasteiger partial charge in [0.15, 0.2) is 0 Å². The highest BCUT2D eigenvalue weighted by atomic mass is 16.5. The SMILES string of the molecule is CNc1cncc(N(CCCOC)CCOC)n1. The van der Waals surface area contributed by atoms with E-state index in [2.05, 4.69) is 20.2 Å². The molecule has 0 saturated heterocycles. The summed E-state index contributed by atoms with van der Waals surface area (Å²) >= 11 is 0. The van der Waals surface area contributed by atoms with Crippen molar-refractivity contribution in [2.24, 2.45) is 0 Å². The fourth-order valence-electron chi connectivity index (χ4n) is 1.57. The molecular weight excluding hydrogens is 232 g/mol. The number of methoxy groups -OCH3 is 2. The molecule has 0 aliphatic heterocycles. The van der Waals surface area contributed by atoms with Crippen LogP contribution < -0.4 is 10.2 Å². The molecule has 6 nitrogen and oxygen atoms in total. The second kappa shape index (κ2) is 8.66. The maximum Gasteiger partial charge on any atom is 0.149 e. The fourth-order valence-corrected chi connectivity index (χ4v) is 1.57. The lowest BCUT2D eigenvalue weighted by Gasteiger charge is -2.23. The molecular formula is C12H22N4O2. The van der Waals surface area contributed by atoms with E-state index in [1.54, 1.807) is 26.6 Å². The van der Waals surface area contributed by atoms with Crippen LogP contribution in [0.25, 0.3) is 0 Å². The number of hydrogen-bond donors (Lipinski definition) is 1. The molecule has 0 spiro atoms. The molecule has 0 unspecified atom stereocenters. The number of hydrogen-bond acceptors (Lipinski definition) is 6. The van der Waals surface area contributed by atoms with Crippen LogP contribution in [-0.4, -0.2) is 57.5 Å². The highest BCUT2D eigenvalue weighted by Crippen LogP contribution is 2.12. The Morgan fingerprint density at radius 1 is 1.17 bits per heavy atom. The molecule has 0 fully saturated rings. The highest BCUT2D eigenvalue weighted by Gasteiger charge is 2.08. The van der Waals surface area contributed by atoms with Crippen LogP contribution in [0.2, 0.25) is 0 Å². The summed E-state index contributed by atoms with van der Waals surface area (Å²) in [4.78, 5) is 10.8. The van der Waals surface area contributed by atoms with E-state index in [0.717, 1.165) is 37.8 Å². The van der Waals surface area contributed by atoms with E-state index in [1.807, 2.05) is 7.05 Å². The Hall–Kier alpha value is -1.40. The minimum atomic E-state index is 0.665. The molecule has 1 rings (SSSR count). The smallest absolute Gasteiger partial charge is 0.149 e. The molecule has 102 valence electrons. The van der Waals surface area contributed by atoms with Crippen LogP contribution in [0.15, 0.2) is 12.4 Å². The zero-order valence-electron chi connectivity index (χ0n) is 11.3. The largest absolute Gasteiger partial charge is 0.385 e. The number of rotatable bonds is 9. The summed E-state index contributed by atoms with van der Waals surface area (Å²) in [7, 11) is 5.24. The van der Waals surface area contributed by atoms with Gasteiger partial charge in [0, 0.05) is 41.0 Å². The van der Waals surface area contributed by atoms with Crippen LogP contribution >= 0.6 is 0 Å². The van der Waals surface area contributed by atoms with Crippen molar-refractivity contribution in [2.45, 2.75) is 6.42 Å². The van der Waals surface area contributed by atoms with Gasteiger partial charge in [0.25, 0.3) is 0 Å². The monoisotopic (exact) mass is 254 g/mol. The van der Waals surface area contributed by atoms with E-state index >= 15 is 0 Å². The summed E-state index contributed by atoms with van der Waals surface area (Å²) in [5.41, 5.74) is 0. The first-order valence-electron chi connectivity index (χ1n) is 6.04. The van der Waals surface area contributed by atoms with Crippen LogP contribution in [0.5, 0.6) is 0 Å².